The molecule has 0 atom stereocenters. The van der Waals surface area contributed by atoms with Gasteiger partial charge in [0.2, 0.25) is 5.91 Å². The summed E-state index contributed by atoms with van der Waals surface area (Å²) in [4.78, 5) is 26.5. The lowest BCUT2D eigenvalue weighted by molar-refractivity contribution is -0.115. The van der Waals surface area contributed by atoms with Crippen LogP contribution in [0.5, 0.6) is 0 Å². The van der Waals surface area contributed by atoms with Crippen LogP contribution in [-0.4, -0.2) is 47.9 Å². The number of rotatable bonds is 6. The quantitative estimate of drug-likeness (QED) is 0.755. The summed E-state index contributed by atoms with van der Waals surface area (Å²) in [6.45, 7) is 4.66. The molecule has 1 aliphatic rings. The molecule has 154 valence electrons. The molecule has 29 heavy (non-hydrogen) atoms. The fraction of sp³-hybridized carbons (Fsp3) is 0.333. The zero-order valence-electron chi connectivity index (χ0n) is 16.1. The van der Waals surface area contributed by atoms with E-state index in [1.54, 1.807) is 0 Å². The first kappa shape index (κ1) is 21.3. The van der Waals surface area contributed by atoms with Crippen molar-refractivity contribution in [1.29, 1.82) is 0 Å². The molecule has 1 heterocycles. The average Bonchev–Trinajstić information content (AvgIpc) is 2.68. The van der Waals surface area contributed by atoms with Gasteiger partial charge in [-0.15, -0.1) is 0 Å². The van der Waals surface area contributed by atoms with E-state index in [4.69, 9.17) is 0 Å². The fourth-order valence-electron chi connectivity index (χ4n) is 3.12. The van der Waals surface area contributed by atoms with Crippen LogP contribution in [0.2, 0.25) is 0 Å². The van der Waals surface area contributed by atoms with Gasteiger partial charge in [0, 0.05) is 48.5 Å². The maximum atomic E-state index is 13.2. The molecule has 0 unspecified atom stereocenters. The first-order valence-electron chi connectivity index (χ1n) is 9.34. The lowest BCUT2D eigenvalue weighted by Gasteiger charge is -2.26. The van der Waals surface area contributed by atoms with Crippen LogP contribution in [0.1, 0.15) is 21.5 Å². The molecule has 0 spiro atoms. The first-order chi connectivity index (χ1) is 13.9. The van der Waals surface area contributed by atoms with Gasteiger partial charge in [0.15, 0.2) is 0 Å². The van der Waals surface area contributed by atoms with Crippen molar-refractivity contribution in [2.24, 2.45) is 0 Å². The summed E-state index contributed by atoms with van der Waals surface area (Å²) in [6, 6.07) is 8.40. The molecule has 1 saturated heterocycles. The van der Waals surface area contributed by atoms with Crippen molar-refractivity contribution >= 4 is 29.3 Å². The highest BCUT2D eigenvalue weighted by molar-refractivity contribution is 7.99. The molecular weight excluding hydrogens is 396 g/mol. The minimum atomic E-state index is -0.848. The van der Waals surface area contributed by atoms with Gasteiger partial charge in [0.1, 0.15) is 11.6 Å². The standard InChI is InChI=1S/C21H23F2N3O2S/c1-14-8-15(13-26-4-6-29-7-5-26)2-3-19(14)25-20(27)12-24-21(28)16-9-17(22)11-18(23)10-16/h2-3,8-11H,4-7,12-13H2,1H3,(H,24,28)(H,25,27). The Kier molecular flexibility index (Phi) is 7.22. The lowest BCUT2D eigenvalue weighted by Crippen LogP contribution is -2.33. The SMILES string of the molecule is Cc1cc(CN2CCSCC2)ccc1NC(=O)CNC(=O)c1cc(F)cc(F)c1. The molecular formula is C21H23F2N3O2S. The van der Waals surface area contributed by atoms with Gasteiger partial charge in [0.05, 0.1) is 6.54 Å². The van der Waals surface area contributed by atoms with Crippen molar-refractivity contribution in [3.63, 3.8) is 0 Å². The van der Waals surface area contributed by atoms with Crippen LogP contribution in [-0.2, 0) is 11.3 Å². The molecule has 1 fully saturated rings. The van der Waals surface area contributed by atoms with E-state index in [-0.39, 0.29) is 12.1 Å². The van der Waals surface area contributed by atoms with Crippen LogP contribution < -0.4 is 10.6 Å². The second-order valence-electron chi connectivity index (χ2n) is 6.93. The third-order valence-electron chi connectivity index (χ3n) is 4.61. The Morgan fingerprint density at radius 1 is 1.07 bits per heavy atom. The molecule has 5 nitrogen and oxygen atoms in total. The van der Waals surface area contributed by atoms with Gasteiger partial charge in [-0.05, 0) is 36.2 Å². The lowest BCUT2D eigenvalue weighted by atomic mass is 10.1. The highest BCUT2D eigenvalue weighted by atomic mass is 32.2. The Morgan fingerprint density at radius 2 is 1.76 bits per heavy atom. The van der Waals surface area contributed by atoms with Gasteiger partial charge in [-0.25, -0.2) is 8.78 Å². The zero-order valence-corrected chi connectivity index (χ0v) is 17.0. The third-order valence-corrected chi connectivity index (χ3v) is 5.55. The van der Waals surface area contributed by atoms with Crippen LogP contribution in [0, 0.1) is 18.6 Å². The average molecular weight is 419 g/mol. The number of benzene rings is 2. The first-order valence-corrected chi connectivity index (χ1v) is 10.5. The summed E-state index contributed by atoms with van der Waals surface area (Å²) >= 11 is 1.97. The van der Waals surface area contributed by atoms with Gasteiger partial charge in [0.25, 0.3) is 5.91 Å². The summed E-state index contributed by atoms with van der Waals surface area (Å²) < 4.78 is 26.4. The van der Waals surface area contributed by atoms with Gasteiger partial charge in [-0.3, -0.25) is 14.5 Å². The number of hydrogen-bond donors (Lipinski definition) is 2. The van der Waals surface area contributed by atoms with Crippen molar-refractivity contribution in [2.45, 2.75) is 13.5 Å². The van der Waals surface area contributed by atoms with E-state index in [9.17, 15) is 18.4 Å². The Balaban J connectivity index is 1.52. The molecule has 8 heteroatoms. The molecule has 0 bridgehead atoms. The smallest absolute Gasteiger partial charge is 0.251 e. The highest BCUT2D eigenvalue weighted by Crippen LogP contribution is 2.19. The van der Waals surface area contributed by atoms with Crippen LogP contribution in [0.25, 0.3) is 0 Å². The number of halogens is 2. The van der Waals surface area contributed by atoms with Crippen LogP contribution in [0.3, 0.4) is 0 Å². The van der Waals surface area contributed by atoms with Crippen LogP contribution in [0.4, 0.5) is 14.5 Å². The maximum absolute atomic E-state index is 13.2. The van der Waals surface area contributed by atoms with E-state index in [2.05, 4.69) is 15.5 Å². The Hall–Kier alpha value is -2.45. The molecule has 0 radical (unpaired) electrons. The molecule has 0 saturated carbocycles. The Bertz CT molecular complexity index is 881. The van der Waals surface area contributed by atoms with E-state index < -0.39 is 23.4 Å². The monoisotopic (exact) mass is 419 g/mol. The van der Waals surface area contributed by atoms with Crippen LogP contribution >= 0.6 is 11.8 Å². The summed E-state index contributed by atoms with van der Waals surface area (Å²) in [7, 11) is 0. The number of carbonyl (C=O) groups excluding carboxylic acids is 2. The summed E-state index contributed by atoms with van der Waals surface area (Å²) in [5, 5.41) is 5.12. The molecule has 1 aliphatic heterocycles. The van der Waals surface area contributed by atoms with Crippen molar-refractivity contribution in [3.05, 3.63) is 64.7 Å². The van der Waals surface area contributed by atoms with Crippen molar-refractivity contribution in [1.82, 2.24) is 10.2 Å². The highest BCUT2D eigenvalue weighted by Gasteiger charge is 2.13. The number of nitrogens with zero attached hydrogens (tertiary/aromatic N) is 1. The van der Waals surface area contributed by atoms with Gasteiger partial charge >= 0.3 is 0 Å². The number of carbonyl (C=O) groups is 2. The van der Waals surface area contributed by atoms with E-state index in [0.717, 1.165) is 48.8 Å². The number of anilines is 1. The molecule has 0 aromatic heterocycles. The molecule has 2 aromatic carbocycles. The Labute approximate surface area is 172 Å². The number of hydrogen-bond acceptors (Lipinski definition) is 4. The van der Waals surface area contributed by atoms with E-state index in [0.29, 0.717) is 11.8 Å². The second kappa shape index (κ2) is 9.84. The normalized spacial score (nSPS) is 14.4. The molecule has 2 aromatic rings. The van der Waals surface area contributed by atoms with Crippen molar-refractivity contribution in [3.8, 4) is 0 Å². The fourth-order valence-corrected chi connectivity index (χ4v) is 4.10. The summed E-state index contributed by atoms with van der Waals surface area (Å²) in [5.74, 6) is -0.524. The van der Waals surface area contributed by atoms with Crippen LogP contribution in [0.15, 0.2) is 36.4 Å². The van der Waals surface area contributed by atoms with Gasteiger partial charge in [-0.1, -0.05) is 12.1 Å². The predicted octanol–water partition coefficient (Wildman–Crippen LogP) is 3.19. The largest absolute Gasteiger partial charge is 0.343 e. The number of aryl methyl sites for hydroxylation is 1. The molecule has 0 aliphatic carbocycles. The van der Waals surface area contributed by atoms with E-state index >= 15 is 0 Å². The van der Waals surface area contributed by atoms with Gasteiger partial charge in [-0.2, -0.15) is 11.8 Å². The Morgan fingerprint density at radius 3 is 2.41 bits per heavy atom. The molecule has 3 rings (SSSR count). The minimum absolute atomic E-state index is 0.174. The zero-order chi connectivity index (χ0) is 20.8. The predicted molar refractivity (Wildman–Crippen MR) is 111 cm³/mol. The number of thioether (sulfide) groups is 1. The van der Waals surface area contributed by atoms with Crippen molar-refractivity contribution < 1.29 is 18.4 Å². The van der Waals surface area contributed by atoms with Crippen molar-refractivity contribution in [2.75, 3.05) is 36.5 Å². The number of nitrogens with one attached hydrogen (secondary N) is 2. The summed E-state index contributed by atoms with van der Waals surface area (Å²) in [5.41, 5.74) is 2.61. The molecule has 2 amide bonds. The molecule has 2 N–H and O–H groups in total. The topological polar surface area (TPSA) is 61.4 Å². The van der Waals surface area contributed by atoms with E-state index in [1.165, 1.54) is 5.56 Å². The van der Waals surface area contributed by atoms with Gasteiger partial charge < -0.3 is 10.6 Å². The summed E-state index contributed by atoms with van der Waals surface area (Å²) in [6.07, 6.45) is 0. The second-order valence-corrected chi connectivity index (χ2v) is 8.15. The minimum Gasteiger partial charge on any atom is -0.343 e. The van der Waals surface area contributed by atoms with E-state index in [1.807, 2.05) is 36.9 Å². The third kappa shape index (κ3) is 6.27. The number of amides is 2. The maximum Gasteiger partial charge on any atom is 0.251 e.